The highest BCUT2D eigenvalue weighted by atomic mass is 32.1. The molecule has 2 heterocycles. The summed E-state index contributed by atoms with van der Waals surface area (Å²) in [5, 5.41) is 5.00. The fourth-order valence-corrected chi connectivity index (χ4v) is 5.09. The van der Waals surface area contributed by atoms with Crippen LogP contribution in [0.5, 0.6) is 0 Å². The Kier molecular flexibility index (Phi) is 4.68. The second-order valence-corrected chi connectivity index (χ2v) is 8.71. The molecule has 2 amide bonds. The molecule has 2 aromatic carbocycles. The van der Waals surface area contributed by atoms with Crippen LogP contribution in [0.4, 0.5) is 5.69 Å². The smallest absolute Gasteiger partial charge is 0.263 e. The van der Waals surface area contributed by atoms with Gasteiger partial charge in [0.05, 0.1) is 10.8 Å². The monoisotopic (exact) mass is 402 g/mol. The van der Waals surface area contributed by atoms with Crippen LogP contribution in [0.3, 0.4) is 0 Å². The van der Waals surface area contributed by atoms with Crippen LogP contribution < -0.4 is 5.32 Å². The number of carbonyl (C=O) groups excluding carboxylic acids is 2. The fraction of sp³-hybridized carbons (Fsp3) is 0.250. The number of hydrogen-bond donors (Lipinski definition) is 1. The number of nitrogens with one attached hydrogen (secondary N) is 1. The van der Waals surface area contributed by atoms with Crippen LogP contribution in [-0.2, 0) is 11.2 Å². The zero-order valence-corrected chi connectivity index (χ0v) is 16.9. The van der Waals surface area contributed by atoms with E-state index in [1.54, 1.807) is 0 Å². The first-order valence-electron chi connectivity index (χ1n) is 10.0. The maximum atomic E-state index is 12.9. The molecule has 1 aromatic heterocycles. The van der Waals surface area contributed by atoms with Gasteiger partial charge in [0, 0.05) is 18.8 Å². The van der Waals surface area contributed by atoms with Gasteiger partial charge < -0.3 is 10.2 Å². The Morgan fingerprint density at radius 3 is 2.72 bits per heavy atom. The van der Waals surface area contributed by atoms with E-state index >= 15 is 0 Å². The Hall–Kier alpha value is -2.92. The van der Waals surface area contributed by atoms with Gasteiger partial charge in [-0.3, -0.25) is 9.59 Å². The summed E-state index contributed by atoms with van der Waals surface area (Å²) in [5.74, 6) is -0.130. The highest BCUT2D eigenvalue weighted by Crippen LogP contribution is 2.37. The van der Waals surface area contributed by atoms with E-state index in [1.165, 1.54) is 33.6 Å². The van der Waals surface area contributed by atoms with Gasteiger partial charge in [0.1, 0.15) is 0 Å². The van der Waals surface area contributed by atoms with E-state index in [0.717, 1.165) is 36.4 Å². The second-order valence-electron chi connectivity index (χ2n) is 7.76. The summed E-state index contributed by atoms with van der Waals surface area (Å²) in [5.41, 5.74) is 5.96. The van der Waals surface area contributed by atoms with Crippen LogP contribution in [0.2, 0.25) is 0 Å². The Bertz CT molecular complexity index is 1070. The SMILES string of the molecule is O=C(Nc1ccc2c(c1)Cc1ccccc1-2)C1CCCN(C(=O)c2cccs2)C1. The van der Waals surface area contributed by atoms with E-state index in [4.69, 9.17) is 0 Å². The molecule has 4 nitrogen and oxygen atoms in total. The van der Waals surface area contributed by atoms with Crippen molar-refractivity contribution in [3.05, 3.63) is 76.0 Å². The van der Waals surface area contributed by atoms with Crippen LogP contribution in [0.1, 0.15) is 33.6 Å². The molecule has 1 atom stereocenters. The molecule has 0 spiro atoms. The standard InChI is InChI=1S/C24H22N2O2S/c27-23(17-6-3-11-26(15-17)24(28)22-8-4-12-29-22)25-19-9-10-21-18(14-19)13-16-5-1-2-7-20(16)21/h1-2,4-5,7-10,12,14,17H,3,6,11,13,15H2,(H,25,27). The third-order valence-corrected chi connectivity index (χ3v) is 6.73. The minimum absolute atomic E-state index is 0.00383. The third kappa shape index (κ3) is 3.47. The number of fused-ring (bicyclic) bond motifs is 3. The molecule has 0 bridgehead atoms. The van der Waals surface area contributed by atoms with Gasteiger partial charge in [0.2, 0.25) is 5.91 Å². The average molecular weight is 403 g/mol. The molecule has 1 saturated heterocycles. The lowest BCUT2D eigenvalue weighted by Gasteiger charge is -2.31. The van der Waals surface area contributed by atoms with Crippen molar-refractivity contribution in [1.82, 2.24) is 4.90 Å². The maximum absolute atomic E-state index is 12.9. The van der Waals surface area contributed by atoms with E-state index in [2.05, 4.69) is 41.7 Å². The largest absolute Gasteiger partial charge is 0.337 e. The summed E-state index contributed by atoms with van der Waals surface area (Å²) in [4.78, 5) is 28.1. The molecule has 146 valence electrons. The van der Waals surface area contributed by atoms with Crippen molar-refractivity contribution in [2.45, 2.75) is 19.3 Å². The van der Waals surface area contributed by atoms with E-state index in [1.807, 2.05) is 28.5 Å². The average Bonchev–Trinajstić information content (AvgIpc) is 3.41. The van der Waals surface area contributed by atoms with Crippen LogP contribution in [0, 0.1) is 5.92 Å². The van der Waals surface area contributed by atoms with Gasteiger partial charge in [0.15, 0.2) is 0 Å². The second kappa shape index (κ2) is 7.48. The molecule has 2 aliphatic rings. The van der Waals surface area contributed by atoms with E-state index < -0.39 is 0 Å². The van der Waals surface area contributed by atoms with Gasteiger partial charge in [-0.2, -0.15) is 0 Å². The molecule has 29 heavy (non-hydrogen) atoms. The first-order chi connectivity index (χ1) is 14.2. The zero-order chi connectivity index (χ0) is 19.8. The number of amides is 2. The van der Waals surface area contributed by atoms with Crippen molar-refractivity contribution >= 4 is 28.8 Å². The van der Waals surface area contributed by atoms with E-state index in [9.17, 15) is 9.59 Å². The molecule has 0 saturated carbocycles. The molecular weight excluding hydrogens is 380 g/mol. The lowest BCUT2D eigenvalue weighted by atomic mass is 9.96. The van der Waals surface area contributed by atoms with Crippen molar-refractivity contribution in [3.63, 3.8) is 0 Å². The normalized spacial score (nSPS) is 17.5. The zero-order valence-electron chi connectivity index (χ0n) is 16.1. The predicted octanol–water partition coefficient (Wildman–Crippen LogP) is 4.81. The maximum Gasteiger partial charge on any atom is 0.263 e. The number of rotatable bonds is 3. The molecule has 1 aliphatic heterocycles. The predicted molar refractivity (Wildman–Crippen MR) is 116 cm³/mol. The summed E-state index contributed by atoms with van der Waals surface area (Å²) >= 11 is 1.45. The minimum Gasteiger partial charge on any atom is -0.337 e. The van der Waals surface area contributed by atoms with Crippen molar-refractivity contribution in [1.29, 1.82) is 0 Å². The molecule has 1 fully saturated rings. The van der Waals surface area contributed by atoms with Crippen LogP contribution in [-0.4, -0.2) is 29.8 Å². The van der Waals surface area contributed by atoms with Gasteiger partial charge in [0.25, 0.3) is 5.91 Å². The molecule has 1 aliphatic carbocycles. The summed E-state index contributed by atoms with van der Waals surface area (Å²) < 4.78 is 0. The van der Waals surface area contributed by atoms with Crippen LogP contribution in [0.15, 0.2) is 60.0 Å². The Balaban J connectivity index is 1.27. The van der Waals surface area contributed by atoms with Crippen molar-refractivity contribution in [2.75, 3.05) is 18.4 Å². The summed E-state index contributed by atoms with van der Waals surface area (Å²) in [6.45, 7) is 1.20. The van der Waals surface area contributed by atoms with Gasteiger partial charge in [-0.1, -0.05) is 36.4 Å². The number of benzene rings is 2. The van der Waals surface area contributed by atoms with Gasteiger partial charge >= 0.3 is 0 Å². The summed E-state index contributed by atoms with van der Waals surface area (Å²) in [6, 6.07) is 18.4. The number of carbonyl (C=O) groups is 2. The van der Waals surface area contributed by atoms with E-state index in [0.29, 0.717) is 6.54 Å². The topological polar surface area (TPSA) is 49.4 Å². The summed E-state index contributed by atoms with van der Waals surface area (Å²) in [7, 11) is 0. The number of hydrogen-bond acceptors (Lipinski definition) is 3. The van der Waals surface area contributed by atoms with Gasteiger partial charge in [-0.15, -0.1) is 11.3 Å². The minimum atomic E-state index is -0.168. The number of nitrogens with zero attached hydrogens (tertiary/aromatic N) is 1. The third-order valence-electron chi connectivity index (χ3n) is 5.87. The lowest BCUT2D eigenvalue weighted by molar-refractivity contribution is -0.121. The van der Waals surface area contributed by atoms with Crippen molar-refractivity contribution < 1.29 is 9.59 Å². The van der Waals surface area contributed by atoms with Crippen LogP contribution in [0.25, 0.3) is 11.1 Å². The number of likely N-dealkylation sites (tertiary alicyclic amines) is 1. The van der Waals surface area contributed by atoms with E-state index in [-0.39, 0.29) is 17.7 Å². The van der Waals surface area contributed by atoms with Crippen LogP contribution >= 0.6 is 11.3 Å². The Labute approximate surface area is 174 Å². The highest BCUT2D eigenvalue weighted by molar-refractivity contribution is 7.12. The Morgan fingerprint density at radius 2 is 1.86 bits per heavy atom. The first kappa shape index (κ1) is 18.1. The molecule has 0 radical (unpaired) electrons. The molecule has 1 N–H and O–H groups in total. The number of anilines is 1. The molecule has 5 heteroatoms. The van der Waals surface area contributed by atoms with Crippen molar-refractivity contribution in [3.8, 4) is 11.1 Å². The quantitative estimate of drug-likeness (QED) is 0.535. The first-order valence-corrected chi connectivity index (χ1v) is 10.9. The van der Waals surface area contributed by atoms with Gasteiger partial charge in [-0.25, -0.2) is 0 Å². The number of piperidine rings is 1. The Morgan fingerprint density at radius 1 is 1.00 bits per heavy atom. The van der Waals surface area contributed by atoms with Crippen molar-refractivity contribution in [2.24, 2.45) is 5.92 Å². The highest BCUT2D eigenvalue weighted by Gasteiger charge is 2.29. The fourth-order valence-electron chi connectivity index (χ4n) is 4.40. The number of thiophene rings is 1. The molecule has 1 unspecified atom stereocenters. The molecule has 5 rings (SSSR count). The molecular formula is C24H22N2O2S. The summed E-state index contributed by atoms with van der Waals surface area (Å²) in [6.07, 6.45) is 2.58. The molecule has 3 aromatic rings. The van der Waals surface area contributed by atoms with Gasteiger partial charge in [-0.05, 0) is 65.1 Å². The lowest BCUT2D eigenvalue weighted by Crippen LogP contribution is -2.43.